The predicted octanol–water partition coefficient (Wildman–Crippen LogP) is 3.98. The summed E-state index contributed by atoms with van der Waals surface area (Å²) in [7, 11) is 4.34. The van der Waals surface area contributed by atoms with Crippen LogP contribution in [0.1, 0.15) is 40.5 Å². The molecule has 1 heterocycles. The molecule has 0 aliphatic carbocycles. The molecular formula is C23H28N2O5. The maximum atomic E-state index is 13.2. The zero-order chi connectivity index (χ0) is 21.7. The van der Waals surface area contributed by atoms with Gasteiger partial charge in [-0.1, -0.05) is 13.0 Å². The van der Waals surface area contributed by atoms with Crippen molar-refractivity contribution in [2.24, 2.45) is 5.92 Å². The Kier molecular flexibility index (Phi) is 6.82. The van der Waals surface area contributed by atoms with Crippen LogP contribution in [-0.2, 0) is 4.74 Å². The molecule has 160 valence electrons. The summed E-state index contributed by atoms with van der Waals surface area (Å²) in [5, 5.41) is 2.96. The van der Waals surface area contributed by atoms with E-state index in [1.165, 1.54) is 21.3 Å². The van der Waals surface area contributed by atoms with Gasteiger partial charge < -0.3 is 24.4 Å². The molecular weight excluding hydrogens is 384 g/mol. The van der Waals surface area contributed by atoms with Gasteiger partial charge in [0.25, 0.3) is 5.91 Å². The number of methoxy groups -OCH3 is 3. The molecule has 0 bridgehead atoms. The van der Waals surface area contributed by atoms with Gasteiger partial charge in [0.1, 0.15) is 17.1 Å². The van der Waals surface area contributed by atoms with Crippen molar-refractivity contribution in [2.45, 2.75) is 19.8 Å². The van der Waals surface area contributed by atoms with E-state index in [4.69, 9.17) is 14.2 Å². The molecule has 1 amide bonds. The van der Waals surface area contributed by atoms with Crippen molar-refractivity contribution >= 4 is 23.3 Å². The van der Waals surface area contributed by atoms with Crippen molar-refractivity contribution < 1.29 is 23.8 Å². The standard InChI is InChI=1S/C23H28N2O5/c1-15-10-12-25(13-11-15)18-9-8-16(23(27)30-4)14-17(18)24-22(26)21-19(28-2)6-5-7-20(21)29-3/h5-9,14-15H,10-13H2,1-4H3,(H,24,26). The third-order valence-electron chi connectivity index (χ3n) is 5.45. The number of nitrogens with zero attached hydrogens (tertiary/aromatic N) is 1. The third-order valence-corrected chi connectivity index (χ3v) is 5.45. The third kappa shape index (κ3) is 4.50. The van der Waals surface area contributed by atoms with Gasteiger partial charge in [-0.15, -0.1) is 0 Å². The predicted molar refractivity (Wildman–Crippen MR) is 116 cm³/mol. The summed E-state index contributed by atoms with van der Waals surface area (Å²) in [6.07, 6.45) is 2.15. The van der Waals surface area contributed by atoms with Gasteiger partial charge in [0.15, 0.2) is 0 Å². The van der Waals surface area contributed by atoms with E-state index in [2.05, 4.69) is 17.1 Å². The lowest BCUT2D eigenvalue weighted by atomic mass is 9.98. The normalized spacial score (nSPS) is 14.2. The van der Waals surface area contributed by atoms with Crippen LogP contribution in [0.15, 0.2) is 36.4 Å². The molecule has 7 nitrogen and oxygen atoms in total. The first kappa shape index (κ1) is 21.5. The number of rotatable bonds is 6. The topological polar surface area (TPSA) is 77.1 Å². The molecule has 1 fully saturated rings. The molecule has 1 N–H and O–H groups in total. The summed E-state index contributed by atoms with van der Waals surface area (Å²) in [4.78, 5) is 27.5. The number of hydrogen-bond acceptors (Lipinski definition) is 6. The number of anilines is 2. The van der Waals surface area contributed by atoms with Crippen molar-refractivity contribution in [3.05, 3.63) is 47.5 Å². The number of esters is 1. The van der Waals surface area contributed by atoms with Gasteiger partial charge >= 0.3 is 5.97 Å². The number of hydrogen-bond donors (Lipinski definition) is 1. The summed E-state index contributed by atoms with van der Waals surface area (Å²) >= 11 is 0. The molecule has 3 rings (SSSR count). The second kappa shape index (κ2) is 9.52. The second-order valence-corrected chi connectivity index (χ2v) is 7.38. The average molecular weight is 412 g/mol. The molecule has 0 radical (unpaired) electrons. The Hall–Kier alpha value is -3.22. The maximum absolute atomic E-state index is 13.2. The van der Waals surface area contributed by atoms with Crippen LogP contribution < -0.4 is 19.7 Å². The molecule has 1 saturated heterocycles. The van der Waals surface area contributed by atoms with Gasteiger partial charge in [0, 0.05) is 13.1 Å². The van der Waals surface area contributed by atoms with Crippen molar-refractivity contribution in [3.63, 3.8) is 0 Å². The molecule has 0 spiro atoms. The fourth-order valence-electron chi connectivity index (χ4n) is 3.67. The molecule has 0 saturated carbocycles. The van der Waals surface area contributed by atoms with Crippen molar-refractivity contribution in [3.8, 4) is 11.5 Å². The van der Waals surface area contributed by atoms with Gasteiger partial charge in [-0.3, -0.25) is 4.79 Å². The van der Waals surface area contributed by atoms with Gasteiger partial charge in [-0.25, -0.2) is 4.79 Å². The summed E-state index contributed by atoms with van der Waals surface area (Å²) in [6, 6.07) is 10.4. The quantitative estimate of drug-likeness (QED) is 0.724. The van der Waals surface area contributed by atoms with E-state index in [0.29, 0.717) is 34.2 Å². The monoisotopic (exact) mass is 412 g/mol. The minimum absolute atomic E-state index is 0.296. The highest BCUT2D eigenvalue weighted by Gasteiger charge is 2.23. The number of ether oxygens (including phenoxy) is 3. The average Bonchev–Trinajstić information content (AvgIpc) is 2.78. The first-order chi connectivity index (χ1) is 14.5. The van der Waals surface area contributed by atoms with Crippen LogP contribution in [0, 0.1) is 5.92 Å². The molecule has 2 aromatic rings. The zero-order valence-corrected chi connectivity index (χ0v) is 17.9. The maximum Gasteiger partial charge on any atom is 0.337 e. The van der Waals surface area contributed by atoms with E-state index in [9.17, 15) is 9.59 Å². The van der Waals surface area contributed by atoms with Crippen molar-refractivity contribution in [1.82, 2.24) is 0 Å². The first-order valence-corrected chi connectivity index (χ1v) is 9.98. The molecule has 0 aromatic heterocycles. The zero-order valence-electron chi connectivity index (χ0n) is 17.9. The highest BCUT2D eigenvalue weighted by Crippen LogP contribution is 2.34. The van der Waals surface area contributed by atoms with Crippen LogP contribution in [0.4, 0.5) is 11.4 Å². The minimum Gasteiger partial charge on any atom is -0.496 e. The number of benzene rings is 2. The number of carbonyl (C=O) groups excluding carboxylic acids is 2. The summed E-state index contributed by atoms with van der Waals surface area (Å²) in [5.41, 5.74) is 2.08. The van der Waals surface area contributed by atoms with E-state index < -0.39 is 5.97 Å². The molecule has 0 atom stereocenters. The second-order valence-electron chi connectivity index (χ2n) is 7.38. The van der Waals surface area contributed by atoms with Crippen LogP contribution in [0.5, 0.6) is 11.5 Å². The Balaban J connectivity index is 1.99. The highest BCUT2D eigenvalue weighted by molar-refractivity contribution is 6.10. The Morgan fingerprint density at radius 1 is 1.00 bits per heavy atom. The number of piperidine rings is 1. The molecule has 0 unspecified atom stereocenters. The lowest BCUT2D eigenvalue weighted by Crippen LogP contribution is -2.33. The largest absolute Gasteiger partial charge is 0.496 e. The molecule has 1 aliphatic heterocycles. The van der Waals surface area contributed by atoms with Crippen LogP contribution in [0.3, 0.4) is 0 Å². The number of carbonyl (C=O) groups is 2. The number of nitrogens with one attached hydrogen (secondary N) is 1. The summed E-state index contributed by atoms with van der Waals surface area (Å²) in [5.74, 6) is 0.650. The van der Waals surface area contributed by atoms with E-state index in [-0.39, 0.29) is 5.91 Å². The highest BCUT2D eigenvalue weighted by atomic mass is 16.5. The molecule has 30 heavy (non-hydrogen) atoms. The first-order valence-electron chi connectivity index (χ1n) is 9.98. The molecule has 2 aromatic carbocycles. The van der Waals surface area contributed by atoms with Gasteiger partial charge in [-0.2, -0.15) is 0 Å². The lowest BCUT2D eigenvalue weighted by Gasteiger charge is -2.33. The Morgan fingerprint density at radius 3 is 2.20 bits per heavy atom. The fourth-order valence-corrected chi connectivity index (χ4v) is 3.67. The van der Waals surface area contributed by atoms with E-state index >= 15 is 0 Å². The molecule has 1 aliphatic rings. The number of amides is 1. The smallest absolute Gasteiger partial charge is 0.337 e. The Labute approximate surface area is 176 Å². The van der Waals surface area contributed by atoms with E-state index in [1.807, 2.05) is 6.07 Å². The summed E-state index contributed by atoms with van der Waals surface area (Å²) < 4.78 is 15.6. The van der Waals surface area contributed by atoms with Crippen molar-refractivity contribution in [2.75, 3.05) is 44.6 Å². The van der Waals surface area contributed by atoms with Crippen LogP contribution in [0.25, 0.3) is 0 Å². The SMILES string of the molecule is COC(=O)c1ccc(N2CCC(C)CC2)c(NC(=O)c2c(OC)cccc2OC)c1. The van der Waals surface area contributed by atoms with Crippen LogP contribution >= 0.6 is 0 Å². The molecule has 7 heteroatoms. The van der Waals surface area contributed by atoms with Crippen LogP contribution in [-0.4, -0.2) is 46.3 Å². The van der Waals surface area contributed by atoms with E-state index in [0.717, 1.165) is 31.6 Å². The van der Waals surface area contributed by atoms with Gasteiger partial charge in [0.05, 0.1) is 38.3 Å². The Morgan fingerprint density at radius 2 is 1.63 bits per heavy atom. The van der Waals surface area contributed by atoms with E-state index in [1.54, 1.807) is 30.3 Å². The minimum atomic E-state index is -0.459. The van der Waals surface area contributed by atoms with Crippen LogP contribution in [0.2, 0.25) is 0 Å². The Bertz CT molecular complexity index is 898. The lowest BCUT2D eigenvalue weighted by molar-refractivity contribution is 0.0600. The van der Waals surface area contributed by atoms with Crippen molar-refractivity contribution in [1.29, 1.82) is 0 Å². The van der Waals surface area contributed by atoms with Gasteiger partial charge in [0.2, 0.25) is 0 Å². The fraction of sp³-hybridized carbons (Fsp3) is 0.391. The van der Waals surface area contributed by atoms with Gasteiger partial charge in [-0.05, 0) is 49.1 Å². The summed E-state index contributed by atoms with van der Waals surface area (Å²) in [6.45, 7) is 4.02.